The molecule has 10 heteroatoms. The molecular formula is C24H33N3O6S. The number of nitro groups is 1. The molecule has 0 saturated heterocycles. The minimum atomic E-state index is -3.81. The predicted octanol–water partition coefficient (Wildman–Crippen LogP) is 4.51. The Balaban J connectivity index is 2.30. The number of anilines is 1. The first-order valence-electron chi connectivity index (χ1n) is 10.7. The van der Waals surface area contributed by atoms with E-state index in [2.05, 4.69) is 26.1 Å². The summed E-state index contributed by atoms with van der Waals surface area (Å²) >= 11 is 0. The second kappa shape index (κ2) is 10.0. The monoisotopic (exact) mass is 491 g/mol. The Morgan fingerprint density at radius 1 is 1.09 bits per heavy atom. The molecule has 2 aromatic rings. The van der Waals surface area contributed by atoms with Crippen LogP contribution in [0.15, 0.2) is 42.5 Å². The molecule has 0 radical (unpaired) electrons. The van der Waals surface area contributed by atoms with Gasteiger partial charge in [0.05, 0.1) is 24.8 Å². The second-order valence-electron chi connectivity index (χ2n) is 10.2. The van der Waals surface area contributed by atoms with Gasteiger partial charge in [0.1, 0.15) is 11.4 Å². The van der Waals surface area contributed by atoms with E-state index in [1.165, 1.54) is 25.3 Å². The molecule has 2 aromatic carbocycles. The van der Waals surface area contributed by atoms with Gasteiger partial charge in [0.2, 0.25) is 10.0 Å². The summed E-state index contributed by atoms with van der Waals surface area (Å²) in [5.41, 5.74) is 0.497. The van der Waals surface area contributed by atoms with Gasteiger partial charge in [-0.2, -0.15) is 0 Å². The molecule has 0 fully saturated rings. The minimum absolute atomic E-state index is 0.0449. The van der Waals surface area contributed by atoms with Crippen molar-refractivity contribution in [3.63, 3.8) is 0 Å². The Morgan fingerprint density at radius 2 is 1.68 bits per heavy atom. The number of nitrogens with one attached hydrogen (secondary N) is 1. The van der Waals surface area contributed by atoms with E-state index in [0.717, 1.165) is 17.0 Å². The molecule has 0 saturated carbocycles. The van der Waals surface area contributed by atoms with Crippen molar-refractivity contribution in [3.05, 3.63) is 63.7 Å². The third-order valence-corrected chi connectivity index (χ3v) is 6.14. The number of ether oxygens (including phenoxy) is 1. The Kier molecular flexibility index (Phi) is 7.98. The first-order valence-corrected chi connectivity index (χ1v) is 12.6. The van der Waals surface area contributed by atoms with Crippen LogP contribution in [0.1, 0.15) is 57.0 Å². The van der Waals surface area contributed by atoms with Gasteiger partial charge in [-0.1, -0.05) is 32.9 Å². The molecule has 34 heavy (non-hydrogen) atoms. The van der Waals surface area contributed by atoms with Crippen molar-refractivity contribution in [1.82, 2.24) is 5.32 Å². The topological polar surface area (TPSA) is 119 Å². The quantitative estimate of drug-likeness (QED) is 0.407. The van der Waals surface area contributed by atoms with E-state index in [1.54, 1.807) is 24.3 Å². The average molecular weight is 492 g/mol. The first-order chi connectivity index (χ1) is 15.5. The number of carbonyl (C=O) groups excluding carboxylic acids is 1. The fourth-order valence-corrected chi connectivity index (χ4v) is 4.93. The van der Waals surface area contributed by atoms with E-state index in [-0.39, 0.29) is 35.0 Å². The lowest BCUT2D eigenvalue weighted by atomic mass is 9.81. The highest BCUT2D eigenvalue weighted by molar-refractivity contribution is 7.92. The summed E-state index contributed by atoms with van der Waals surface area (Å²) in [6, 6.07) is 10.3. The average Bonchev–Trinajstić information content (AvgIpc) is 2.68. The van der Waals surface area contributed by atoms with Crippen molar-refractivity contribution in [2.24, 2.45) is 5.41 Å². The highest BCUT2D eigenvalue weighted by Crippen LogP contribution is 2.34. The van der Waals surface area contributed by atoms with Crippen molar-refractivity contribution in [2.45, 2.75) is 53.1 Å². The van der Waals surface area contributed by atoms with Crippen molar-refractivity contribution < 1.29 is 22.9 Å². The summed E-state index contributed by atoms with van der Waals surface area (Å²) in [6.07, 6.45) is 1.81. The highest BCUT2D eigenvalue weighted by atomic mass is 32.2. The summed E-state index contributed by atoms with van der Waals surface area (Å²) < 4.78 is 31.4. The Morgan fingerprint density at radius 3 is 2.15 bits per heavy atom. The van der Waals surface area contributed by atoms with Crippen LogP contribution in [-0.4, -0.2) is 38.2 Å². The fraction of sp³-hybridized carbons (Fsp3) is 0.458. The van der Waals surface area contributed by atoms with Crippen molar-refractivity contribution in [3.8, 4) is 5.75 Å². The molecule has 0 aromatic heterocycles. The summed E-state index contributed by atoms with van der Waals surface area (Å²) in [6.45, 7) is 10.2. The summed E-state index contributed by atoms with van der Waals surface area (Å²) in [4.78, 5) is 23.4. The Bertz CT molecular complexity index is 1150. The van der Waals surface area contributed by atoms with E-state index in [1.807, 2.05) is 13.8 Å². The SMILES string of the molecule is COc1ccc([N+](=O)[O-])cc1N(Cc1ccc(C(=O)NC(C)(C)CC(C)(C)C)cc1)S(C)(=O)=O. The van der Waals surface area contributed by atoms with Crippen LogP contribution in [0.5, 0.6) is 5.75 Å². The maximum Gasteiger partial charge on any atom is 0.271 e. The summed E-state index contributed by atoms with van der Waals surface area (Å²) in [5, 5.41) is 14.3. The highest BCUT2D eigenvalue weighted by Gasteiger charge is 2.28. The molecule has 0 aliphatic heterocycles. The number of amides is 1. The molecule has 2 rings (SSSR count). The first kappa shape index (κ1) is 27.1. The maximum absolute atomic E-state index is 12.7. The van der Waals surface area contributed by atoms with Gasteiger partial charge in [-0.3, -0.25) is 19.2 Å². The van der Waals surface area contributed by atoms with Crippen LogP contribution >= 0.6 is 0 Å². The number of hydrogen-bond donors (Lipinski definition) is 1. The van der Waals surface area contributed by atoms with E-state index in [0.29, 0.717) is 11.1 Å². The second-order valence-corrected chi connectivity index (χ2v) is 12.1. The molecule has 186 valence electrons. The van der Waals surface area contributed by atoms with Gasteiger partial charge >= 0.3 is 0 Å². The molecule has 0 spiro atoms. The maximum atomic E-state index is 12.7. The van der Waals surface area contributed by atoms with E-state index < -0.39 is 20.5 Å². The van der Waals surface area contributed by atoms with Crippen molar-refractivity contribution in [2.75, 3.05) is 17.7 Å². The molecule has 0 atom stereocenters. The van der Waals surface area contributed by atoms with E-state index in [9.17, 15) is 23.3 Å². The molecule has 1 N–H and O–H groups in total. The molecule has 0 heterocycles. The van der Waals surface area contributed by atoms with Crippen molar-refractivity contribution >= 4 is 27.3 Å². The Labute approximate surface area is 201 Å². The fourth-order valence-electron chi connectivity index (χ4n) is 4.04. The van der Waals surface area contributed by atoms with Crippen LogP contribution in [0, 0.1) is 15.5 Å². The molecule has 0 aliphatic rings. The largest absolute Gasteiger partial charge is 0.495 e. The number of carbonyl (C=O) groups is 1. The Hall–Kier alpha value is -3.14. The number of hydrogen-bond acceptors (Lipinski definition) is 6. The lowest BCUT2D eigenvalue weighted by molar-refractivity contribution is -0.384. The molecule has 9 nitrogen and oxygen atoms in total. The van der Waals surface area contributed by atoms with Crippen LogP contribution in [0.4, 0.5) is 11.4 Å². The third-order valence-electron chi connectivity index (χ3n) is 5.01. The lowest BCUT2D eigenvalue weighted by Gasteiger charge is -2.33. The molecule has 0 aliphatic carbocycles. The van der Waals surface area contributed by atoms with Crippen LogP contribution < -0.4 is 14.4 Å². The van der Waals surface area contributed by atoms with Crippen LogP contribution in [-0.2, 0) is 16.6 Å². The lowest BCUT2D eigenvalue weighted by Crippen LogP contribution is -2.45. The van der Waals surface area contributed by atoms with Crippen molar-refractivity contribution in [1.29, 1.82) is 0 Å². The zero-order valence-electron chi connectivity index (χ0n) is 20.7. The van der Waals surface area contributed by atoms with Crippen LogP contribution in [0.2, 0.25) is 0 Å². The van der Waals surface area contributed by atoms with Gasteiger partial charge in [0, 0.05) is 23.2 Å². The van der Waals surface area contributed by atoms with Crippen LogP contribution in [0.25, 0.3) is 0 Å². The number of methoxy groups -OCH3 is 1. The zero-order valence-corrected chi connectivity index (χ0v) is 21.5. The normalized spacial score (nSPS) is 12.2. The van der Waals surface area contributed by atoms with Gasteiger partial charge in [0.25, 0.3) is 11.6 Å². The van der Waals surface area contributed by atoms with E-state index in [4.69, 9.17) is 4.74 Å². The molecule has 0 bridgehead atoms. The zero-order chi connectivity index (χ0) is 25.9. The van der Waals surface area contributed by atoms with Crippen LogP contribution in [0.3, 0.4) is 0 Å². The number of nitrogens with zero attached hydrogens (tertiary/aromatic N) is 2. The predicted molar refractivity (Wildman–Crippen MR) is 133 cm³/mol. The number of benzene rings is 2. The number of rotatable bonds is 9. The van der Waals surface area contributed by atoms with Gasteiger partial charge in [-0.15, -0.1) is 0 Å². The molecule has 1 amide bonds. The minimum Gasteiger partial charge on any atom is -0.495 e. The summed E-state index contributed by atoms with van der Waals surface area (Å²) in [7, 11) is -2.45. The van der Waals surface area contributed by atoms with Gasteiger partial charge in [0.15, 0.2) is 0 Å². The van der Waals surface area contributed by atoms with Gasteiger partial charge < -0.3 is 10.1 Å². The molecular weight excluding hydrogens is 458 g/mol. The van der Waals surface area contributed by atoms with E-state index >= 15 is 0 Å². The smallest absolute Gasteiger partial charge is 0.271 e. The third kappa shape index (κ3) is 7.44. The summed E-state index contributed by atoms with van der Waals surface area (Å²) in [5.74, 6) is -0.0331. The number of non-ortho nitro benzene ring substituents is 1. The van der Waals surface area contributed by atoms with Gasteiger partial charge in [-0.25, -0.2) is 8.42 Å². The standard InChI is InChI=1S/C24H33N3O6S/c1-23(2,3)16-24(4,5)25-22(28)18-10-8-17(9-11-18)15-26(34(7,31)32)20-14-19(27(29)30)12-13-21(20)33-6/h8-14H,15-16H2,1-7H3,(H,25,28). The number of sulfonamides is 1. The van der Waals surface area contributed by atoms with Gasteiger partial charge in [-0.05, 0) is 49.4 Å². The molecule has 0 unspecified atom stereocenters. The number of nitro benzene ring substituents is 1.